The van der Waals surface area contributed by atoms with Gasteiger partial charge in [0.05, 0.1) is 0 Å². The Labute approximate surface area is 104 Å². The highest BCUT2D eigenvalue weighted by Crippen LogP contribution is 2.16. The average Bonchev–Trinajstić information content (AvgIpc) is 2.38. The van der Waals surface area contributed by atoms with E-state index in [0.717, 1.165) is 30.3 Å². The van der Waals surface area contributed by atoms with Crippen LogP contribution in [0.4, 0.5) is 5.95 Å². The Morgan fingerprint density at radius 3 is 2.82 bits per heavy atom. The lowest BCUT2D eigenvalue weighted by atomic mass is 10.3. The predicted octanol–water partition coefficient (Wildman–Crippen LogP) is 0.433. The van der Waals surface area contributed by atoms with Gasteiger partial charge in [0.25, 0.3) is 0 Å². The van der Waals surface area contributed by atoms with E-state index in [4.69, 9.17) is 10.9 Å². The smallest absolute Gasteiger partial charge is 0.226 e. The van der Waals surface area contributed by atoms with Crippen molar-refractivity contribution in [3.63, 3.8) is 0 Å². The summed E-state index contributed by atoms with van der Waals surface area (Å²) in [5.74, 6) is 2.84. The Kier molecular flexibility index (Phi) is 3.68. The van der Waals surface area contributed by atoms with Crippen LogP contribution >= 0.6 is 11.8 Å². The molecule has 1 aliphatic heterocycles. The Bertz CT molecular complexity index is 431. The van der Waals surface area contributed by atoms with E-state index in [-0.39, 0.29) is 5.84 Å². The van der Waals surface area contributed by atoms with Gasteiger partial charge in [-0.3, -0.25) is 0 Å². The van der Waals surface area contributed by atoms with Gasteiger partial charge >= 0.3 is 0 Å². The van der Waals surface area contributed by atoms with Gasteiger partial charge in [0.15, 0.2) is 5.84 Å². The molecule has 0 aliphatic carbocycles. The van der Waals surface area contributed by atoms with Crippen LogP contribution in [0.25, 0.3) is 0 Å². The largest absolute Gasteiger partial charge is 0.409 e. The maximum absolute atomic E-state index is 8.67. The molecule has 2 heterocycles. The summed E-state index contributed by atoms with van der Waals surface area (Å²) in [7, 11) is 0. The summed E-state index contributed by atoms with van der Waals surface area (Å²) in [6, 6.07) is 1.71. The first-order valence-corrected chi connectivity index (χ1v) is 6.52. The molecule has 92 valence electrons. The van der Waals surface area contributed by atoms with Crippen LogP contribution in [-0.2, 0) is 0 Å². The predicted molar refractivity (Wildman–Crippen MR) is 68.8 cm³/mol. The zero-order chi connectivity index (χ0) is 12.3. The summed E-state index contributed by atoms with van der Waals surface area (Å²) in [6.07, 6.45) is 0. The van der Waals surface area contributed by atoms with Gasteiger partial charge in [-0.05, 0) is 13.0 Å². The zero-order valence-electron chi connectivity index (χ0n) is 9.63. The molecule has 1 aromatic heterocycles. The van der Waals surface area contributed by atoms with Crippen molar-refractivity contribution in [1.29, 1.82) is 0 Å². The Morgan fingerprint density at radius 1 is 1.47 bits per heavy atom. The molecule has 2 rings (SSSR count). The van der Waals surface area contributed by atoms with Gasteiger partial charge in [-0.25, -0.2) is 9.97 Å². The number of rotatable bonds is 2. The lowest BCUT2D eigenvalue weighted by Crippen LogP contribution is -2.34. The van der Waals surface area contributed by atoms with Crippen LogP contribution in [0.3, 0.4) is 0 Å². The van der Waals surface area contributed by atoms with Gasteiger partial charge in [-0.15, -0.1) is 0 Å². The average molecular weight is 253 g/mol. The van der Waals surface area contributed by atoms with E-state index in [0.29, 0.717) is 11.6 Å². The Hall–Kier alpha value is -1.50. The van der Waals surface area contributed by atoms with Crippen molar-refractivity contribution < 1.29 is 5.21 Å². The number of aryl methyl sites for hydroxylation is 1. The summed E-state index contributed by atoms with van der Waals surface area (Å²) in [5, 5.41) is 11.6. The van der Waals surface area contributed by atoms with Crippen molar-refractivity contribution >= 4 is 23.5 Å². The molecule has 3 N–H and O–H groups in total. The van der Waals surface area contributed by atoms with Crippen molar-refractivity contribution in [3.05, 3.63) is 17.5 Å². The molecule has 0 unspecified atom stereocenters. The number of nitrogens with zero attached hydrogens (tertiary/aromatic N) is 4. The normalized spacial score (nSPS) is 17.2. The summed E-state index contributed by atoms with van der Waals surface area (Å²) in [4.78, 5) is 10.8. The van der Waals surface area contributed by atoms with Crippen LogP contribution in [0, 0.1) is 6.92 Å². The first-order valence-electron chi connectivity index (χ1n) is 5.37. The molecule has 0 spiro atoms. The zero-order valence-corrected chi connectivity index (χ0v) is 10.4. The molecule has 0 aromatic carbocycles. The second-order valence-electron chi connectivity index (χ2n) is 3.78. The van der Waals surface area contributed by atoms with Gasteiger partial charge in [0.2, 0.25) is 5.95 Å². The van der Waals surface area contributed by atoms with E-state index in [1.807, 2.05) is 18.7 Å². The summed E-state index contributed by atoms with van der Waals surface area (Å²) < 4.78 is 0. The summed E-state index contributed by atoms with van der Waals surface area (Å²) >= 11 is 1.93. The van der Waals surface area contributed by atoms with E-state index in [2.05, 4.69) is 20.0 Å². The standard InChI is InChI=1S/C10H15N5OS/c1-7-6-8(9(11)14-16)13-10(12-7)15-2-4-17-5-3-15/h6,16H,2-5H2,1H3,(H2,11,14). The van der Waals surface area contributed by atoms with Crippen LogP contribution in [-0.4, -0.2) is 45.6 Å². The molecule has 17 heavy (non-hydrogen) atoms. The van der Waals surface area contributed by atoms with Gasteiger partial charge in [0.1, 0.15) is 5.69 Å². The molecule has 1 aromatic rings. The van der Waals surface area contributed by atoms with E-state index in [9.17, 15) is 0 Å². The number of thioether (sulfide) groups is 1. The van der Waals surface area contributed by atoms with Crippen LogP contribution < -0.4 is 10.6 Å². The van der Waals surface area contributed by atoms with Crippen molar-refractivity contribution in [2.75, 3.05) is 29.5 Å². The topological polar surface area (TPSA) is 87.6 Å². The van der Waals surface area contributed by atoms with Crippen LogP contribution in [0.15, 0.2) is 11.2 Å². The van der Waals surface area contributed by atoms with E-state index >= 15 is 0 Å². The molecule has 6 nitrogen and oxygen atoms in total. The molecular weight excluding hydrogens is 238 g/mol. The Balaban J connectivity index is 2.30. The molecule has 0 saturated carbocycles. The number of hydrogen-bond donors (Lipinski definition) is 2. The number of nitrogens with two attached hydrogens (primary N) is 1. The lowest BCUT2D eigenvalue weighted by molar-refractivity contribution is 0.318. The first-order chi connectivity index (χ1) is 8.20. The maximum atomic E-state index is 8.67. The van der Waals surface area contributed by atoms with Crippen LogP contribution in [0.2, 0.25) is 0 Å². The minimum atomic E-state index is 0.0168. The molecule has 0 radical (unpaired) electrons. The fourth-order valence-electron chi connectivity index (χ4n) is 1.64. The SMILES string of the molecule is Cc1cc(/C(N)=N/O)nc(N2CCSCC2)n1. The third kappa shape index (κ3) is 2.79. The third-order valence-corrected chi connectivity index (χ3v) is 3.45. The second kappa shape index (κ2) is 5.22. The number of amidine groups is 1. The van der Waals surface area contributed by atoms with E-state index in [1.54, 1.807) is 6.07 Å². The summed E-state index contributed by atoms with van der Waals surface area (Å²) in [5.41, 5.74) is 6.83. The third-order valence-electron chi connectivity index (χ3n) is 2.51. The van der Waals surface area contributed by atoms with Crippen molar-refractivity contribution in [2.45, 2.75) is 6.92 Å². The van der Waals surface area contributed by atoms with Crippen LogP contribution in [0.1, 0.15) is 11.4 Å². The molecule has 1 saturated heterocycles. The highest BCUT2D eigenvalue weighted by atomic mass is 32.2. The van der Waals surface area contributed by atoms with E-state index < -0.39 is 0 Å². The van der Waals surface area contributed by atoms with Crippen LogP contribution in [0.5, 0.6) is 0 Å². The van der Waals surface area contributed by atoms with E-state index in [1.165, 1.54) is 0 Å². The minimum absolute atomic E-state index is 0.0168. The minimum Gasteiger partial charge on any atom is -0.409 e. The first kappa shape index (κ1) is 12.0. The molecule has 1 fully saturated rings. The molecule has 1 aliphatic rings. The molecule has 0 bridgehead atoms. The molecule has 0 atom stereocenters. The Morgan fingerprint density at radius 2 is 2.18 bits per heavy atom. The van der Waals surface area contributed by atoms with Crippen molar-refractivity contribution in [2.24, 2.45) is 10.9 Å². The lowest BCUT2D eigenvalue weighted by Gasteiger charge is -2.26. The summed E-state index contributed by atoms with van der Waals surface area (Å²) in [6.45, 7) is 3.74. The van der Waals surface area contributed by atoms with Gasteiger partial charge < -0.3 is 15.8 Å². The van der Waals surface area contributed by atoms with Gasteiger partial charge in [-0.2, -0.15) is 11.8 Å². The van der Waals surface area contributed by atoms with Crippen molar-refractivity contribution in [3.8, 4) is 0 Å². The maximum Gasteiger partial charge on any atom is 0.226 e. The fraction of sp³-hybridized carbons (Fsp3) is 0.500. The van der Waals surface area contributed by atoms with Crippen molar-refractivity contribution in [1.82, 2.24) is 9.97 Å². The quantitative estimate of drug-likeness (QED) is 0.344. The van der Waals surface area contributed by atoms with Gasteiger partial charge in [0, 0.05) is 30.3 Å². The highest BCUT2D eigenvalue weighted by Gasteiger charge is 2.15. The second-order valence-corrected chi connectivity index (χ2v) is 5.00. The molecular formula is C10H15N5OS. The molecule has 0 amide bonds. The molecule has 7 heteroatoms. The number of aromatic nitrogens is 2. The number of hydrogen-bond acceptors (Lipinski definition) is 6. The number of anilines is 1. The highest BCUT2D eigenvalue weighted by molar-refractivity contribution is 7.99. The fourth-order valence-corrected chi connectivity index (χ4v) is 2.54. The number of oxime groups is 1. The van der Waals surface area contributed by atoms with Gasteiger partial charge in [-0.1, -0.05) is 5.16 Å². The monoisotopic (exact) mass is 253 g/mol.